The van der Waals surface area contributed by atoms with Crippen molar-refractivity contribution >= 4 is 45.6 Å². The molecule has 0 saturated carbocycles. The molecule has 1 unspecified atom stereocenters. The van der Waals surface area contributed by atoms with Gasteiger partial charge in [-0.15, -0.1) is 0 Å². The van der Waals surface area contributed by atoms with Crippen LogP contribution in [0.15, 0.2) is 60.7 Å². The average Bonchev–Trinajstić information content (AvgIpc) is 2.68. The quantitative estimate of drug-likeness (QED) is 0.385. The number of amides is 1. The third kappa shape index (κ3) is 4.10. The maximum absolute atomic E-state index is 12.5. The largest absolute Gasteiger partial charge is 0.449 e. The van der Waals surface area contributed by atoms with Gasteiger partial charge in [-0.05, 0) is 24.4 Å². The first kappa shape index (κ1) is 19.3. The standard InChI is InChI=1S/C20H15ClN2O5/c1-12(28-20(25)16-11-14(23(26)27)9-10-17(16)21)19(24)22-18-8-4-6-13-5-2-3-7-15(13)18/h2-12H,1H3,(H,22,24). The summed E-state index contributed by atoms with van der Waals surface area (Å²) in [4.78, 5) is 35.0. The van der Waals surface area contributed by atoms with E-state index < -0.39 is 22.9 Å². The Balaban J connectivity index is 1.75. The topological polar surface area (TPSA) is 98.5 Å². The minimum Gasteiger partial charge on any atom is -0.449 e. The number of anilines is 1. The summed E-state index contributed by atoms with van der Waals surface area (Å²) < 4.78 is 5.14. The van der Waals surface area contributed by atoms with E-state index in [1.165, 1.54) is 19.1 Å². The van der Waals surface area contributed by atoms with Gasteiger partial charge in [0.2, 0.25) is 0 Å². The Kier molecular flexibility index (Phi) is 5.56. The SMILES string of the molecule is CC(OC(=O)c1cc([N+](=O)[O-])ccc1Cl)C(=O)Nc1cccc2ccccc12. The van der Waals surface area contributed by atoms with Crippen LogP contribution in [-0.2, 0) is 9.53 Å². The summed E-state index contributed by atoms with van der Waals surface area (Å²) in [6, 6.07) is 16.4. The van der Waals surface area contributed by atoms with E-state index in [9.17, 15) is 19.7 Å². The van der Waals surface area contributed by atoms with Gasteiger partial charge in [0.05, 0.1) is 15.5 Å². The molecule has 0 fully saturated rings. The third-order valence-corrected chi connectivity index (χ3v) is 4.41. The number of carbonyl (C=O) groups is 2. The first-order chi connectivity index (χ1) is 13.4. The molecule has 3 rings (SSSR count). The molecule has 0 radical (unpaired) electrons. The van der Waals surface area contributed by atoms with Crippen molar-refractivity contribution in [1.82, 2.24) is 0 Å². The van der Waals surface area contributed by atoms with Crippen molar-refractivity contribution in [3.63, 3.8) is 0 Å². The lowest BCUT2D eigenvalue weighted by atomic mass is 10.1. The number of nitro groups is 1. The van der Waals surface area contributed by atoms with E-state index in [1.807, 2.05) is 30.3 Å². The Labute approximate surface area is 165 Å². The van der Waals surface area contributed by atoms with Crippen molar-refractivity contribution in [3.8, 4) is 0 Å². The van der Waals surface area contributed by atoms with E-state index in [2.05, 4.69) is 5.32 Å². The molecule has 1 amide bonds. The maximum Gasteiger partial charge on any atom is 0.340 e. The number of fused-ring (bicyclic) bond motifs is 1. The molecule has 0 aliphatic heterocycles. The van der Waals surface area contributed by atoms with Gasteiger partial charge in [0.15, 0.2) is 6.10 Å². The van der Waals surface area contributed by atoms with E-state index in [4.69, 9.17) is 16.3 Å². The number of nitrogens with one attached hydrogen (secondary N) is 1. The van der Waals surface area contributed by atoms with Gasteiger partial charge in [-0.3, -0.25) is 14.9 Å². The third-order valence-electron chi connectivity index (χ3n) is 4.08. The van der Waals surface area contributed by atoms with Gasteiger partial charge in [-0.25, -0.2) is 4.79 Å². The number of benzene rings is 3. The van der Waals surface area contributed by atoms with Crippen LogP contribution in [0.2, 0.25) is 5.02 Å². The monoisotopic (exact) mass is 398 g/mol. The minimum atomic E-state index is -1.14. The van der Waals surface area contributed by atoms with Crippen LogP contribution in [0, 0.1) is 10.1 Å². The molecule has 1 atom stereocenters. The van der Waals surface area contributed by atoms with Crippen LogP contribution in [0.1, 0.15) is 17.3 Å². The van der Waals surface area contributed by atoms with E-state index in [0.717, 1.165) is 16.8 Å². The van der Waals surface area contributed by atoms with E-state index in [-0.39, 0.29) is 16.3 Å². The van der Waals surface area contributed by atoms with Gasteiger partial charge in [-0.2, -0.15) is 0 Å². The first-order valence-electron chi connectivity index (χ1n) is 8.30. The number of halogens is 1. The molecule has 0 aromatic heterocycles. The molecule has 0 heterocycles. The number of hydrogen-bond acceptors (Lipinski definition) is 5. The molecule has 8 heteroatoms. The highest BCUT2D eigenvalue weighted by atomic mass is 35.5. The Bertz CT molecular complexity index is 1080. The lowest BCUT2D eigenvalue weighted by Gasteiger charge is -2.15. The molecule has 28 heavy (non-hydrogen) atoms. The van der Waals surface area contributed by atoms with E-state index in [1.54, 1.807) is 12.1 Å². The molecule has 7 nitrogen and oxygen atoms in total. The second-order valence-electron chi connectivity index (χ2n) is 5.98. The molecule has 1 N–H and O–H groups in total. The number of hydrogen-bond donors (Lipinski definition) is 1. The number of nitro benzene ring substituents is 1. The maximum atomic E-state index is 12.5. The molecule has 0 saturated heterocycles. The fourth-order valence-corrected chi connectivity index (χ4v) is 2.82. The number of ether oxygens (including phenoxy) is 1. The van der Waals surface area contributed by atoms with Gasteiger partial charge >= 0.3 is 5.97 Å². The van der Waals surface area contributed by atoms with Crippen LogP contribution in [-0.4, -0.2) is 22.9 Å². The van der Waals surface area contributed by atoms with Gasteiger partial charge < -0.3 is 10.1 Å². The second-order valence-corrected chi connectivity index (χ2v) is 6.39. The number of carbonyl (C=O) groups excluding carboxylic acids is 2. The number of esters is 1. The average molecular weight is 399 g/mol. The van der Waals surface area contributed by atoms with Gasteiger partial charge in [0.25, 0.3) is 11.6 Å². The molecule has 3 aromatic carbocycles. The lowest BCUT2D eigenvalue weighted by molar-refractivity contribution is -0.384. The van der Waals surface area contributed by atoms with Crippen LogP contribution in [0.3, 0.4) is 0 Å². The van der Waals surface area contributed by atoms with Crippen molar-refractivity contribution in [2.75, 3.05) is 5.32 Å². The van der Waals surface area contributed by atoms with Crippen molar-refractivity contribution < 1.29 is 19.2 Å². The van der Waals surface area contributed by atoms with Crippen LogP contribution >= 0.6 is 11.6 Å². The zero-order chi connectivity index (χ0) is 20.3. The van der Waals surface area contributed by atoms with Crippen LogP contribution in [0.25, 0.3) is 10.8 Å². The van der Waals surface area contributed by atoms with E-state index >= 15 is 0 Å². The van der Waals surface area contributed by atoms with Crippen molar-refractivity contribution in [2.45, 2.75) is 13.0 Å². The summed E-state index contributed by atoms with van der Waals surface area (Å²) >= 11 is 5.93. The smallest absolute Gasteiger partial charge is 0.340 e. The number of non-ortho nitro benzene ring substituents is 1. The van der Waals surface area contributed by atoms with Crippen molar-refractivity contribution in [1.29, 1.82) is 0 Å². The van der Waals surface area contributed by atoms with Crippen LogP contribution < -0.4 is 5.32 Å². The predicted octanol–water partition coefficient (Wildman–Crippen LogP) is 4.59. The molecular formula is C20H15ClN2O5. The van der Waals surface area contributed by atoms with Gasteiger partial charge in [-0.1, -0.05) is 48.0 Å². The van der Waals surface area contributed by atoms with Gasteiger partial charge in [0, 0.05) is 23.2 Å². The molecule has 3 aromatic rings. The number of rotatable bonds is 5. The highest BCUT2D eigenvalue weighted by Crippen LogP contribution is 2.25. The summed E-state index contributed by atoms with van der Waals surface area (Å²) in [5.74, 6) is -1.46. The zero-order valence-electron chi connectivity index (χ0n) is 14.7. The van der Waals surface area contributed by atoms with Gasteiger partial charge in [0.1, 0.15) is 0 Å². The van der Waals surface area contributed by atoms with Crippen molar-refractivity contribution in [2.24, 2.45) is 0 Å². The van der Waals surface area contributed by atoms with Crippen molar-refractivity contribution in [3.05, 3.63) is 81.4 Å². The first-order valence-corrected chi connectivity index (χ1v) is 8.68. The Morgan fingerprint density at radius 3 is 2.57 bits per heavy atom. The normalized spacial score (nSPS) is 11.6. The Morgan fingerprint density at radius 1 is 1.11 bits per heavy atom. The summed E-state index contributed by atoms with van der Waals surface area (Å²) in [7, 11) is 0. The summed E-state index contributed by atoms with van der Waals surface area (Å²) in [6.45, 7) is 1.41. The van der Waals surface area contributed by atoms with Crippen LogP contribution in [0.5, 0.6) is 0 Å². The fraction of sp³-hybridized carbons (Fsp3) is 0.100. The highest BCUT2D eigenvalue weighted by molar-refractivity contribution is 6.33. The Morgan fingerprint density at radius 2 is 1.82 bits per heavy atom. The summed E-state index contributed by atoms with van der Waals surface area (Å²) in [5, 5.41) is 15.4. The zero-order valence-corrected chi connectivity index (χ0v) is 15.5. The minimum absolute atomic E-state index is 0.00254. The molecule has 0 bridgehead atoms. The lowest BCUT2D eigenvalue weighted by Crippen LogP contribution is -2.30. The fourth-order valence-electron chi connectivity index (χ4n) is 2.63. The Hall–Kier alpha value is -3.45. The molecular weight excluding hydrogens is 384 g/mol. The second kappa shape index (κ2) is 8.06. The van der Waals surface area contributed by atoms with Crippen LogP contribution in [0.4, 0.5) is 11.4 Å². The number of nitrogens with zero attached hydrogens (tertiary/aromatic N) is 1. The molecule has 142 valence electrons. The molecule has 0 aliphatic carbocycles. The summed E-state index contributed by atoms with van der Waals surface area (Å²) in [6.07, 6.45) is -1.14. The highest BCUT2D eigenvalue weighted by Gasteiger charge is 2.23. The predicted molar refractivity (Wildman–Crippen MR) is 106 cm³/mol. The molecule has 0 aliphatic rings. The summed E-state index contributed by atoms with van der Waals surface area (Å²) in [5.41, 5.74) is 0.101. The van der Waals surface area contributed by atoms with E-state index in [0.29, 0.717) is 5.69 Å². The molecule has 0 spiro atoms.